The van der Waals surface area contributed by atoms with E-state index in [-0.39, 0.29) is 11.7 Å². The number of fused-ring (bicyclic) bond motifs is 3. The van der Waals surface area contributed by atoms with Crippen LogP contribution in [0.3, 0.4) is 0 Å². The number of hydrogen-bond donors (Lipinski definition) is 0. The number of aromatic nitrogens is 2. The van der Waals surface area contributed by atoms with Gasteiger partial charge in [-0.05, 0) is 44.1 Å². The monoisotopic (exact) mass is 362 g/mol. The van der Waals surface area contributed by atoms with E-state index in [9.17, 15) is 4.79 Å². The lowest BCUT2D eigenvalue weighted by atomic mass is 9.97. The fourth-order valence-corrected chi connectivity index (χ4v) is 5.66. The van der Waals surface area contributed by atoms with E-state index in [1.165, 1.54) is 23.3 Å². The van der Waals surface area contributed by atoms with E-state index in [4.69, 9.17) is 9.72 Å². The Balaban J connectivity index is 1.83. The summed E-state index contributed by atoms with van der Waals surface area (Å²) in [7, 11) is 0. The van der Waals surface area contributed by atoms with Gasteiger partial charge >= 0.3 is 0 Å². The largest absolute Gasteiger partial charge is 0.376 e. The van der Waals surface area contributed by atoms with E-state index < -0.39 is 0 Å². The van der Waals surface area contributed by atoms with E-state index in [0.717, 1.165) is 53.4 Å². The topological polar surface area (TPSA) is 44.1 Å². The lowest BCUT2D eigenvalue weighted by Gasteiger charge is -2.16. The van der Waals surface area contributed by atoms with Gasteiger partial charge in [-0.15, -0.1) is 17.9 Å². The molecule has 6 heteroatoms. The third-order valence-electron chi connectivity index (χ3n) is 4.78. The predicted octanol–water partition coefficient (Wildman–Crippen LogP) is 3.79. The number of rotatable bonds is 5. The van der Waals surface area contributed by atoms with Gasteiger partial charge in [0.1, 0.15) is 4.83 Å². The Morgan fingerprint density at radius 3 is 3.04 bits per heavy atom. The van der Waals surface area contributed by atoms with Crippen LogP contribution in [0.25, 0.3) is 10.2 Å². The average molecular weight is 363 g/mol. The minimum absolute atomic E-state index is 0.126. The summed E-state index contributed by atoms with van der Waals surface area (Å²) in [6, 6.07) is 0. The fraction of sp³-hybridized carbons (Fsp3) is 0.556. The highest BCUT2D eigenvalue weighted by Gasteiger charge is 2.24. The molecule has 1 saturated heterocycles. The highest BCUT2D eigenvalue weighted by atomic mass is 32.2. The van der Waals surface area contributed by atoms with Crippen LogP contribution >= 0.6 is 23.1 Å². The molecule has 2 aliphatic rings. The zero-order chi connectivity index (χ0) is 16.5. The van der Waals surface area contributed by atoms with Crippen LogP contribution in [0.15, 0.2) is 22.6 Å². The maximum absolute atomic E-state index is 13.3. The second-order valence-corrected chi connectivity index (χ2v) is 8.51. The zero-order valence-electron chi connectivity index (χ0n) is 13.8. The molecule has 1 fully saturated rings. The van der Waals surface area contributed by atoms with Crippen LogP contribution in [0.5, 0.6) is 0 Å². The summed E-state index contributed by atoms with van der Waals surface area (Å²) >= 11 is 3.31. The Morgan fingerprint density at radius 1 is 1.38 bits per heavy atom. The Bertz CT molecular complexity index is 819. The second-order valence-electron chi connectivity index (χ2n) is 6.44. The Hall–Kier alpha value is -1.11. The summed E-state index contributed by atoms with van der Waals surface area (Å²) < 4.78 is 7.62. The molecule has 0 spiro atoms. The average Bonchev–Trinajstić information content (AvgIpc) is 3.22. The summed E-state index contributed by atoms with van der Waals surface area (Å²) in [6.07, 6.45) is 8.62. The van der Waals surface area contributed by atoms with Crippen molar-refractivity contribution in [2.75, 3.05) is 12.4 Å². The predicted molar refractivity (Wildman–Crippen MR) is 100 cm³/mol. The number of aryl methyl sites for hydroxylation is 2. The molecule has 0 amide bonds. The molecule has 0 bridgehead atoms. The van der Waals surface area contributed by atoms with Gasteiger partial charge in [-0.3, -0.25) is 9.36 Å². The Morgan fingerprint density at radius 2 is 2.25 bits per heavy atom. The summed E-state index contributed by atoms with van der Waals surface area (Å²) in [5, 5.41) is 1.68. The number of ether oxygens (including phenoxy) is 1. The first-order valence-corrected chi connectivity index (χ1v) is 10.5. The first-order chi connectivity index (χ1) is 11.8. The molecule has 4 nitrogen and oxygen atoms in total. The van der Waals surface area contributed by atoms with Crippen molar-refractivity contribution < 1.29 is 4.74 Å². The van der Waals surface area contributed by atoms with Gasteiger partial charge in [0, 0.05) is 17.2 Å². The third kappa shape index (κ3) is 2.95. The maximum atomic E-state index is 13.3. The third-order valence-corrected chi connectivity index (χ3v) is 6.94. The molecule has 24 heavy (non-hydrogen) atoms. The molecular weight excluding hydrogens is 340 g/mol. The molecule has 128 valence electrons. The normalized spacial score (nSPS) is 20.4. The molecule has 1 aliphatic carbocycles. The van der Waals surface area contributed by atoms with Crippen molar-refractivity contribution in [2.24, 2.45) is 0 Å². The van der Waals surface area contributed by atoms with Crippen LogP contribution in [-0.2, 0) is 24.1 Å². The molecule has 4 rings (SSSR count). The van der Waals surface area contributed by atoms with Gasteiger partial charge in [0.25, 0.3) is 5.56 Å². The van der Waals surface area contributed by atoms with E-state index in [1.807, 2.05) is 10.6 Å². The van der Waals surface area contributed by atoms with Crippen molar-refractivity contribution in [3.05, 3.63) is 33.4 Å². The minimum atomic E-state index is 0.126. The summed E-state index contributed by atoms with van der Waals surface area (Å²) in [4.78, 5) is 20.4. The lowest BCUT2D eigenvalue weighted by molar-refractivity contribution is 0.0937. The molecule has 0 aromatic carbocycles. The number of hydrogen-bond acceptors (Lipinski definition) is 5. The Labute approximate surface area is 149 Å². The summed E-state index contributed by atoms with van der Waals surface area (Å²) in [5.74, 6) is 0.758. The van der Waals surface area contributed by atoms with E-state index in [2.05, 4.69) is 6.58 Å². The smallest absolute Gasteiger partial charge is 0.263 e. The second kappa shape index (κ2) is 7.02. The van der Waals surface area contributed by atoms with Crippen LogP contribution < -0.4 is 5.56 Å². The minimum Gasteiger partial charge on any atom is -0.376 e. The number of nitrogens with zero attached hydrogens (tertiary/aromatic N) is 2. The van der Waals surface area contributed by atoms with Gasteiger partial charge in [0.2, 0.25) is 0 Å². The molecule has 2 aromatic rings. The molecule has 0 N–H and O–H groups in total. The van der Waals surface area contributed by atoms with Crippen molar-refractivity contribution in [1.29, 1.82) is 0 Å². The van der Waals surface area contributed by atoms with Crippen LogP contribution in [0, 0.1) is 0 Å². The summed E-state index contributed by atoms with van der Waals surface area (Å²) in [5.41, 5.74) is 1.39. The molecule has 0 saturated carbocycles. The molecule has 0 unspecified atom stereocenters. The van der Waals surface area contributed by atoms with Crippen molar-refractivity contribution in [3.63, 3.8) is 0 Å². The molecule has 1 aliphatic heterocycles. The standard InChI is InChI=1S/C18H22N2O2S2/c1-2-10-23-18-19-16-15(13-7-3-4-8-14(13)24-16)17(21)20(18)11-12-6-5-9-22-12/h2,12H,1,3-11H2/t12-/m1/s1. The summed E-state index contributed by atoms with van der Waals surface area (Å²) in [6.45, 7) is 5.21. The van der Waals surface area contributed by atoms with Crippen molar-refractivity contribution >= 4 is 33.3 Å². The van der Waals surface area contributed by atoms with Crippen LogP contribution in [0.1, 0.15) is 36.1 Å². The van der Waals surface area contributed by atoms with E-state index >= 15 is 0 Å². The lowest BCUT2D eigenvalue weighted by Crippen LogP contribution is -2.29. The van der Waals surface area contributed by atoms with Crippen LogP contribution in [0.4, 0.5) is 0 Å². The van der Waals surface area contributed by atoms with Gasteiger partial charge in [-0.2, -0.15) is 0 Å². The first kappa shape index (κ1) is 16.4. The van der Waals surface area contributed by atoms with Crippen LogP contribution in [0.2, 0.25) is 0 Å². The van der Waals surface area contributed by atoms with Crippen LogP contribution in [-0.4, -0.2) is 28.0 Å². The molecule has 3 heterocycles. The number of thioether (sulfide) groups is 1. The van der Waals surface area contributed by atoms with Crippen molar-refractivity contribution in [2.45, 2.75) is 56.3 Å². The van der Waals surface area contributed by atoms with Gasteiger partial charge in [-0.1, -0.05) is 17.8 Å². The molecule has 2 aromatic heterocycles. The Kier molecular flexibility index (Phi) is 4.79. The van der Waals surface area contributed by atoms with E-state index in [0.29, 0.717) is 6.54 Å². The zero-order valence-corrected chi connectivity index (χ0v) is 15.4. The van der Waals surface area contributed by atoms with E-state index in [1.54, 1.807) is 23.1 Å². The van der Waals surface area contributed by atoms with Gasteiger partial charge in [0.05, 0.1) is 18.0 Å². The highest BCUT2D eigenvalue weighted by molar-refractivity contribution is 7.99. The highest BCUT2D eigenvalue weighted by Crippen LogP contribution is 2.34. The molecule has 0 radical (unpaired) electrons. The first-order valence-electron chi connectivity index (χ1n) is 8.68. The van der Waals surface area contributed by atoms with Crippen molar-refractivity contribution in [3.8, 4) is 0 Å². The molecular formula is C18H22N2O2S2. The van der Waals surface area contributed by atoms with Gasteiger partial charge in [-0.25, -0.2) is 4.98 Å². The van der Waals surface area contributed by atoms with Gasteiger partial charge < -0.3 is 4.74 Å². The SMILES string of the molecule is C=CCSc1nc2sc3c(c2c(=O)n1C[C@H]1CCCO1)CCCC3. The number of thiophene rings is 1. The molecule has 1 atom stereocenters. The van der Waals surface area contributed by atoms with Gasteiger partial charge in [0.15, 0.2) is 5.16 Å². The maximum Gasteiger partial charge on any atom is 0.263 e. The fourth-order valence-electron chi connectivity index (χ4n) is 3.62. The quantitative estimate of drug-likeness (QED) is 0.461. The van der Waals surface area contributed by atoms with Crippen molar-refractivity contribution in [1.82, 2.24) is 9.55 Å².